The summed E-state index contributed by atoms with van der Waals surface area (Å²) in [5.41, 5.74) is 3.50. The summed E-state index contributed by atoms with van der Waals surface area (Å²) >= 11 is 0. The molecule has 6 rings (SSSR count). The number of hydrogen-bond acceptors (Lipinski definition) is 4. The van der Waals surface area contributed by atoms with Gasteiger partial charge in [-0.25, -0.2) is 9.83 Å². The molecule has 1 fully saturated rings. The highest BCUT2D eigenvalue weighted by Gasteiger charge is 2.35. The Morgan fingerprint density at radius 1 is 1.11 bits per heavy atom. The number of rotatable bonds is 0. The second-order valence-corrected chi connectivity index (χ2v) is 9.21. The number of carbonyl (C=O) groups is 1. The topological polar surface area (TPSA) is 55.0 Å². The fourth-order valence-electron chi connectivity index (χ4n) is 5.15. The van der Waals surface area contributed by atoms with Gasteiger partial charge in [-0.3, -0.25) is 9.69 Å². The Bertz CT molecular complexity index is 1480. The maximum atomic E-state index is 13.5. The van der Waals surface area contributed by atoms with Crippen LogP contribution in [0.4, 0.5) is 11.4 Å². The Morgan fingerprint density at radius 3 is 2.91 bits per heavy atom. The molecule has 2 aliphatic rings. The molecule has 0 aliphatic carbocycles. The molecule has 0 saturated carbocycles. The molecular formula is C28H25N5O2. The Morgan fingerprint density at radius 2 is 2.03 bits per heavy atom. The largest absolute Gasteiger partial charge is 0.468 e. The summed E-state index contributed by atoms with van der Waals surface area (Å²) in [6.07, 6.45) is 5.31. The van der Waals surface area contributed by atoms with Crippen LogP contribution in [0.15, 0.2) is 67.1 Å². The van der Waals surface area contributed by atoms with Gasteiger partial charge in [0.15, 0.2) is 0 Å². The van der Waals surface area contributed by atoms with Crippen molar-refractivity contribution in [2.75, 3.05) is 25.0 Å². The molecule has 7 heteroatoms. The second-order valence-electron chi connectivity index (χ2n) is 9.21. The number of anilines is 1. The quantitative estimate of drug-likeness (QED) is 0.344. The first-order valence-electron chi connectivity index (χ1n) is 11.8. The van der Waals surface area contributed by atoms with Crippen LogP contribution in [-0.4, -0.2) is 46.5 Å². The first-order valence-corrected chi connectivity index (χ1v) is 11.8. The third-order valence-corrected chi connectivity index (χ3v) is 7.08. The Balaban J connectivity index is 1.49. The van der Waals surface area contributed by atoms with Crippen molar-refractivity contribution >= 4 is 28.1 Å². The van der Waals surface area contributed by atoms with Crippen molar-refractivity contribution in [3.63, 3.8) is 0 Å². The molecule has 4 aromatic rings. The molecule has 1 atom stereocenters. The molecule has 2 aliphatic heterocycles. The van der Waals surface area contributed by atoms with Gasteiger partial charge in [0, 0.05) is 43.3 Å². The lowest BCUT2D eigenvalue weighted by molar-refractivity contribution is -0.121. The Labute approximate surface area is 204 Å². The van der Waals surface area contributed by atoms with E-state index in [9.17, 15) is 4.79 Å². The first kappa shape index (κ1) is 21.4. The van der Waals surface area contributed by atoms with Crippen molar-refractivity contribution in [3.05, 3.63) is 89.8 Å². The van der Waals surface area contributed by atoms with Gasteiger partial charge in [-0.05, 0) is 48.7 Å². The third kappa shape index (κ3) is 3.82. The summed E-state index contributed by atoms with van der Waals surface area (Å²) in [4.78, 5) is 25.6. The van der Waals surface area contributed by atoms with Crippen molar-refractivity contribution in [2.45, 2.75) is 25.4 Å². The number of likely N-dealkylation sites (N-methyl/N-ethyl adjacent to an activating group) is 1. The highest BCUT2D eigenvalue weighted by molar-refractivity contribution is 6.07. The molecule has 1 aromatic heterocycles. The van der Waals surface area contributed by atoms with E-state index in [1.54, 1.807) is 0 Å². The normalized spacial score (nSPS) is 18.2. The lowest BCUT2D eigenvalue weighted by Gasteiger charge is -2.24. The minimum absolute atomic E-state index is 0.131. The summed E-state index contributed by atoms with van der Waals surface area (Å²) in [5.74, 6) is 1.29. The number of aromatic nitrogens is 2. The zero-order chi connectivity index (χ0) is 23.9. The molecule has 174 valence electrons. The van der Waals surface area contributed by atoms with E-state index in [2.05, 4.69) is 19.3 Å². The van der Waals surface area contributed by atoms with E-state index < -0.39 is 0 Å². The van der Waals surface area contributed by atoms with Crippen LogP contribution in [-0.2, 0) is 17.8 Å². The van der Waals surface area contributed by atoms with Crippen LogP contribution in [0.5, 0.6) is 11.5 Å². The van der Waals surface area contributed by atoms with Gasteiger partial charge in [0.2, 0.25) is 11.6 Å². The number of hydrogen-bond donors (Lipinski definition) is 0. The smallest absolute Gasteiger partial charge is 0.244 e. The molecule has 0 unspecified atom stereocenters. The lowest BCUT2D eigenvalue weighted by Crippen LogP contribution is -2.40. The molecule has 3 heterocycles. The number of ether oxygens (including phenoxy) is 1. The van der Waals surface area contributed by atoms with Gasteiger partial charge >= 0.3 is 0 Å². The Kier molecular flexibility index (Phi) is 5.24. The Hall–Kier alpha value is -4.15. The zero-order valence-corrected chi connectivity index (χ0v) is 19.5. The van der Waals surface area contributed by atoms with Gasteiger partial charge in [-0.2, -0.15) is 0 Å². The monoisotopic (exact) mass is 463 g/mol. The highest BCUT2D eigenvalue weighted by atomic mass is 16.5. The van der Waals surface area contributed by atoms with Crippen molar-refractivity contribution in [2.24, 2.45) is 0 Å². The third-order valence-electron chi connectivity index (χ3n) is 7.08. The van der Waals surface area contributed by atoms with Crippen LogP contribution in [0, 0.1) is 6.57 Å². The van der Waals surface area contributed by atoms with Crippen LogP contribution < -0.4 is 9.64 Å². The molecule has 1 amide bonds. The second kappa shape index (κ2) is 8.57. The molecule has 0 spiro atoms. The number of nitrogens with zero attached hydrogens (tertiary/aromatic N) is 5. The van der Waals surface area contributed by atoms with E-state index >= 15 is 0 Å². The van der Waals surface area contributed by atoms with Crippen LogP contribution >= 0.6 is 0 Å². The number of amides is 1. The average Bonchev–Trinajstić information content (AvgIpc) is 3.48. The summed E-state index contributed by atoms with van der Waals surface area (Å²) in [5, 5.41) is 2.01. The van der Waals surface area contributed by atoms with Crippen LogP contribution in [0.1, 0.15) is 17.7 Å². The molecule has 7 nitrogen and oxygen atoms in total. The van der Waals surface area contributed by atoms with E-state index in [4.69, 9.17) is 11.3 Å². The SMILES string of the molecule is [C-]#[N+]c1ccc2cc1Oc1ccc3cccc(c3c1)N1CC[C@H](C1=O)N(C)CCc1cncn1C2. The van der Waals surface area contributed by atoms with Gasteiger partial charge in [-0.1, -0.05) is 30.3 Å². The number of benzene rings is 3. The molecule has 3 aromatic carbocycles. The van der Waals surface area contributed by atoms with Gasteiger partial charge < -0.3 is 14.2 Å². The molecule has 0 N–H and O–H groups in total. The van der Waals surface area contributed by atoms with Gasteiger partial charge in [0.05, 0.1) is 24.6 Å². The van der Waals surface area contributed by atoms with Crippen LogP contribution in [0.2, 0.25) is 0 Å². The molecule has 1 saturated heterocycles. The lowest BCUT2D eigenvalue weighted by atomic mass is 10.1. The molecule has 0 radical (unpaired) electrons. The minimum Gasteiger partial charge on any atom is -0.468 e. The fourth-order valence-corrected chi connectivity index (χ4v) is 5.15. The first-order chi connectivity index (χ1) is 17.1. The summed E-state index contributed by atoms with van der Waals surface area (Å²) < 4.78 is 8.39. The van der Waals surface area contributed by atoms with E-state index in [-0.39, 0.29) is 11.9 Å². The highest BCUT2D eigenvalue weighted by Crippen LogP contribution is 2.37. The molecule has 35 heavy (non-hydrogen) atoms. The zero-order valence-electron chi connectivity index (χ0n) is 19.5. The van der Waals surface area contributed by atoms with Crippen LogP contribution in [0.25, 0.3) is 15.6 Å². The van der Waals surface area contributed by atoms with Gasteiger partial charge in [-0.15, -0.1) is 0 Å². The van der Waals surface area contributed by atoms with Crippen molar-refractivity contribution in [1.82, 2.24) is 14.5 Å². The van der Waals surface area contributed by atoms with E-state index in [1.165, 1.54) is 0 Å². The van der Waals surface area contributed by atoms with Gasteiger partial charge in [0.25, 0.3) is 0 Å². The van der Waals surface area contributed by atoms with E-state index in [1.807, 2.05) is 79.1 Å². The van der Waals surface area contributed by atoms with E-state index in [0.29, 0.717) is 30.3 Å². The van der Waals surface area contributed by atoms with Crippen LogP contribution in [0.3, 0.4) is 0 Å². The predicted octanol–water partition coefficient (Wildman–Crippen LogP) is 5.02. The number of carbonyl (C=O) groups excluding carboxylic acids is 1. The summed E-state index contributed by atoms with van der Waals surface area (Å²) in [7, 11) is 2.03. The summed E-state index contributed by atoms with van der Waals surface area (Å²) in [6, 6.07) is 17.5. The van der Waals surface area contributed by atoms with Crippen molar-refractivity contribution in [3.8, 4) is 11.5 Å². The maximum Gasteiger partial charge on any atom is 0.244 e. The number of fused-ring (bicyclic) bond motifs is 7. The fraction of sp³-hybridized carbons (Fsp3) is 0.250. The molecular weight excluding hydrogens is 438 g/mol. The van der Waals surface area contributed by atoms with Crippen molar-refractivity contribution in [1.29, 1.82) is 0 Å². The maximum absolute atomic E-state index is 13.5. The van der Waals surface area contributed by atoms with Gasteiger partial charge in [0.1, 0.15) is 11.5 Å². The minimum atomic E-state index is -0.145. The predicted molar refractivity (Wildman–Crippen MR) is 135 cm³/mol. The number of imidazole rings is 1. The summed E-state index contributed by atoms with van der Waals surface area (Å²) in [6.45, 7) is 9.69. The average molecular weight is 464 g/mol. The standard InChI is InChI=1S/C28H25N5O2/c1-29-24-9-6-19-14-27(24)35-22-8-7-20-4-3-5-25(23(20)15-22)33-13-11-26(28(33)34)31(2)12-10-21-16-30-18-32(21)17-19/h3-9,14-16,18,26H,10-13,17H2,2H3/t26-/m1/s1. The van der Waals surface area contributed by atoms with Crippen molar-refractivity contribution < 1.29 is 9.53 Å². The van der Waals surface area contributed by atoms with E-state index in [0.717, 1.165) is 47.1 Å². The molecule has 6 bridgehead atoms.